The van der Waals surface area contributed by atoms with Crippen LogP contribution in [0.5, 0.6) is 0 Å². The Hall–Kier alpha value is -0.110. The van der Waals surface area contributed by atoms with Gasteiger partial charge in [-0.3, -0.25) is 0 Å². The molecule has 1 aliphatic rings. The molecule has 2 heteroatoms. The first-order valence-corrected chi connectivity index (χ1v) is 6.68. The van der Waals surface area contributed by atoms with Gasteiger partial charge < -0.3 is 4.90 Å². The van der Waals surface area contributed by atoms with Crippen molar-refractivity contribution in [2.24, 2.45) is 10.8 Å². The van der Waals surface area contributed by atoms with Crippen LogP contribution in [0.1, 0.15) is 61.8 Å². The van der Waals surface area contributed by atoms with Crippen LogP contribution in [0.2, 0.25) is 0 Å². The van der Waals surface area contributed by atoms with Gasteiger partial charge in [0.1, 0.15) is 0 Å². The summed E-state index contributed by atoms with van der Waals surface area (Å²) in [6.07, 6.45) is 1.02. The molecule has 0 spiro atoms. The lowest BCUT2D eigenvalue weighted by molar-refractivity contribution is -0.0640. The van der Waals surface area contributed by atoms with E-state index in [0.29, 0.717) is 6.04 Å². The van der Waals surface area contributed by atoms with Crippen molar-refractivity contribution in [3.05, 3.63) is 0 Å². The Morgan fingerprint density at radius 3 is 1.88 bits per heavy atom. The summed E-state index contributed by atoms with van der Waals surface area (Å²) < 4.78 is 0. The van der Waals surface area contributed by atoms with Crippen molar-refractivity contribution in [2.75, 3.05) is 0 Å². The molecule has 0 atom stereocenters. The summed E-state index contributed by atoms with van der Waals surface area (Å²) >= 11 is 5.63. The van der Waals surface area contributed by atoms with E-state index < -0.39 is 0 Å². The molecule has 0 aromatic heterocycles. The molecular weight excluding hydrogens is 214 g/mol. The lowest BCUT2D eigenvalue weighted by atomic mass is 9.54. The Bertz CT molecular complexity index is 300. The molecule has 1 heterocycles. The van der Waals surface area contributed by atoms with Crippen LogP contribution in [0.3, 0.4) is 0 Å². The summed E-state index contributed by atoms with van der Waals surface area (Å²) in [5, 5.41) is 0. The third-order valence-electron chi connectivity index (χ3n) is 5.20. The highest BCUT2D eigenvalue weighted by Crippen LogP contribution is 2.55. The van der Waals surface area contributed by atoms with Crippen LogP contribution in [-0.4, -0.2) is 21.5 Å². The molecule has 0 radical (unpaired) electrons. The summed E-state index contributed by atoms with van der Waals surface area (Å²) in [6.45, 7) is 18.6. The van der Waals surface area contributed by atoms with Crippen LogP contribution in [-0.2, 0) is 0 Å². The molecule has 0 N–H and O–H groups in total. The second-order valence-corrected chi connectivity index (χ2v) is 7.57. The van der Waals surface area contributed by atoms with Gasteiger partial charge in [-0.05, 0) is 38.5 Å². The van der Waals surface area contributed by atoms with Crippen molar-refractivity contribution in [2.45, 2.75) is 73.4 Å². The fourth-order valence-corrected chi connectivity index (χ4v) is 3.86. The lowest BCUT2D eigenvalue weighted by Crippen LogP contribution is -2.67. The number of rotatable bonds is 1. The standard InChI is InChI=1S/C14H27NS/c1-10(2)15-11(16)9-12(3,4)13(5,6)14(15,7)8/h10H,9H2,1-8H3. The number of hydrogen-bond acceptors (Lipinski definition) is 1. The summed E-state index contributed by atoms with van der Waals surface area (Å²) in [7, 11) is 0. The minimum Gasteiger partial charge on any atom is -0.358 e. The third kappa shape index (κ3) is 1.70. The number of nitrogens with zero attached hydrogens (tertiary/aromatic N) is 1. The van der Waals surface area contributed by atoms with Gasteiger partial charge in [-0.25, -0.2) is 0 Å². The molecule has 0 aromatic rings. The molecular formula is C14H27NS. The molecule has 0 aromatic carbocycles. The Labute approximate surface area is 107 Å². The Balaban J connectivity index is 3.27. The van der Waals surface area contributed by atoms with Gasteiger partial charge in [0.05, 0.1) is 4.99 Å². The van der Waals surface area contributed by atoms with E-state index in [1.54, 1.807) is 0 Å². The number of thiocarbonyl (C=S) groups is 1. The fraction of sp³-hybridized carbons (Fsp3) is 0.929. The van der Waals surface area contributed by atoms with E-state index in [1.807, 2.05) is 0 Å². The second kappa shape index (κ2) is 3.69. The van der Waals surface area contributed by atoms with E-state index >= 15 is 0 Å². The van der Waals surface area contributed by atoms with Crippen LogP contribution in [0.15, 0.2) is 0 Å². The van der Waals surface area contributed by atoms with E-state index in [1.165, 1.54) is 0 Å². The molecule has 0 aliphatic carbocycles. The quantitative estimate of drug-likeness (QED) is 0.631. The SMILES string of the molecule is CC(C)N1C(=S)CC(C)(C)C(C)(C)C1(C)C. The number of likely N-dealkylation sites (tertiary alicyclic amines) is 1. The van der Waals surface area contributed by atoms with E-state index in [0.717, 1.165) is 11.4 Å². The van der Waals surface area contributed by atoms with Gasteiger partial charge in [0, 0.05) is 18.0 Å². The van der Waals surface area contributed by atoms with Crippen molar-refractivity contribution in [3.63, 3.8) is 0 Å². The van der Waals surface area contributed by atoms with Crippen molar-refractivity contribution in [3.8, 4) is 0 Å². The number of piperidine rings is 1. The van der Waals surface area contributed by atoms with Crippen molar-refractivity contribution in [1.29, 1.82) is 0 Å². The van der Waals surface area contributed by atoms with E-state index in [-0.39, 0.29) is 16.4 Å². The maximum Gasteiger partial charge on any atom is 0.0791 e. The third-order valence-corrected chi connectivity index (χ3v) is 5.54. The van der Waals surface area contributed by atoms with Gasteiger partial charge in [-0.2, -0.15) is 0 Å². The zero-order chi connectivity index (χ0) is 12.9. The maximum absolute atomic E-state index is 5.63. The van der Waals surface area contributed by atoms with Gasteiger partial charge in [-0.15, -0.1) is 0 Å². The van der Waals surface area contributed by atoms with Gasteiger partial charge in [-0.1, -0.05) is 39.9 Å². The van der Waals surface area contributed by atoms with Crippen LogP contribution >= 0.6 is 12.2 Å². The maximum atomic E-state index is 5.63. The van der Waals surface area contributed by atoms with E-state index in [2.05, 4.69) is 60.3 Å². The molecule has 0 unspecified atom stereocenters. The minimum atomic E-state index is 0.111. The first-order valence-electron chi connectivity index (χ1n) is 6.27. The lowest BCUT2D eigenvalue weighted by Gasteiger charge is -2.63. The summed E-state index contributed by atoms with van der Waals surface area (Å²) in [5.41, 5.74) is 0.617. The monoisotopic (exact) mass is 241 g/mol. The number of hydrogen-bond donors (Lipinski definition) is 0. The van der Waals surface area contributed by atoms with Crippen LogP contribution < -0.4 is 0 Å². The zero-order valence-electron chi connectivity index (χ0n) is 12.1. The van der Waals surface area contributed by atoms with Crippen LogP contribution in [0.25, 0.3) is 0 Å². The molecule has 94 valence electrons. The Morgan fingerprint density at radius 2 is 1.50 bits per heavy atom. The smallest absolute Gasteiger partial charge is 0.0791 e. The van der Waals surface area contributed by atoms with Crippen LogP contribution in [0, 0.1) is 10.8 Å². The normalized spacial score (nSPS) is 27.3. The molecule has 1 rings (SSSR count). The summed E-state index contributed by atoms with van der Waals surface area (Å²) in [5.74, 6) is 0. The van der Waals surface area contributed by atoms with Gasteiger partial charge in [0.25, 0.3) is 0 Å². The van der Waals surface area contributed by atoms with E-state index in [4.69, 9.17) is 12.2 Å². The molecule has 0 amide bonds. The first kappa shape index (κ1) is 14.0. The topological polar surface area (TPSA) is 3.24 Å². The molecule has 1 nitrogen and oxygen atoms in total. The van der Waals surface area contributed by atoms with Gasteiger partial charge in [0.15, 0.2) is 0 Å². The van der Waals surface area contributed by atoms with E-state index in [9.17, 15) is 0 Å². The first-order chi connectivity index (χ1) is 6.95. The highest BCUT2D eigenvalue weighted by Gasteiger charge is 2.55. The second-order valence-electron chi connectivity index (χ2n) is 7.10. The molecule has 16 heavy (non-hydrogen) atoms. The predicted molar refractivity (Wildman–Crippen MR) is 75.8 cm³/mol. The van der Waals surface area contributed by atoms with Crippen molar-refractivity contribution < 1.29 is 0 Å². The summed E-state index contributed by atoms with van der Waals surface area (Å²) in [4.78, 5) is 3.57. The van der Waals surface area contributed by atoms with Crippen molar-refractivity contribution in [1.82, 2.24) is 4.90 Å². The molecule has 0 bridgehead atoms. The van der Waals surface area contributed by atoms with Gasteiger partial charge in [0.2, 0.25) is 0 Å². The highest BCUT2D eigenvalue weighted by atomic mass is 32.1. The Morgan fingerprint density at radius 1 is 1.06 bits per heavy atom. The fourth-order valence-electron chi connectivity index (χ4n) is 3.06. The average Bonchev–Trinajstić information content (AvgIpc) is 1.98. The molecule has 1 fully saturated rings. The van der Waals surface area contributed by atoms with Crippen molar-refractivity contribution >= 4 is 17.2 Å². The zero-order valence-corrected chi connectivity index (χ0v) is 13.0. The average molecular weight is 241 g/mol. The predicted octanol–water partition coefficient (Wildman–Crippen LogP) is 4.26. The van der Waals surface area contributed by atoms with Gasteiger partial charge >= 0.3 is 0 Å². The highest BCUT2D eigenvalue weighted by molar-refractivity contribution is 7.80. The molecule has 1 aliphatic heterocycles. The summed E-state index contributed by atoms with van der Waals surface area (Å²) in [6, 6.07) is 0.484. The Kier molecular flexibility index (Phi) is 3.22. The molecule has 1 saturated heterocycles. The minimum absolute atomic E-state index is 0.111. The van der Waals surface area contributed by atoms with Crippen LogP contribution in [0.4, 0.5) is 0 Å². The molecule has 0 saturated carbocycles. The largest absolute Gasteiger partial charge is 0.358 e.